The zero-order valence-corrected chi connectivity index (χ0v) is 7.92. The highest BCUT2D eigenvalue weighted by molar-refractivity contribution is 7.85. The summed E-state index contributed by atoms with van der Waals surface area (Å²) in [4.78, 5) is 0. The van der Waals surface area contributed by atoms with Gasteiger partial charge in [0, 0.05) is 21.8 Å². The van der Waals surface area contributed by atoms with Crippen LogP contribution in [0.5, 0.6) is 0 Å². The first-order chi connectivity index (χ1) is 4.18. The van der Waals surface area contributed by atoms with Crippen LogP contribution in [0.15, 0.2) is 0 Å². The number of hydrogen-bond acceptors (Lipinski definition) is 1. The minimum atomic E-state index is -0.579. The fourth-order valence-electron chi connectivity index (χ4n) is 0.333. The first kappa shape index (κ1) is 11.9. The van der Waals surface area contributed by atoms with Crippen molar-refractivity contribution in [3.05, 3.63) is 0 Å². The molecule has 0 aliphatic carbocycles. The van der Waals surface area contributed by atoms with Crippen molar-refractivity contribution in [1.29, 1.82) is 0 Å². The molecule has 0 aliphatic rings. The Morgan fingerprint density at radius 2 is 1.67 bits per heavy atom. The van der Waals surface area contributed by atoms with E-state index in [9.17, 15) is 4.21 Å². The van der Waals surface area contributed by atoms with Gasteiger partial charge in [0.15, 0.2) is 0 Å². The van der Waals surface area contributed by atoms with Crippen LogP contribution in [0.1, 0.15) is 34.6 Å². The van der Waals surface area contributed by atoms with Crippen molar-refractivity contribution in [2.24, 2.45) is 0 Å². The minimum Gasteiger partial charge on any atom is -0.259 e. The second-order valence-corrected chi connectivity index (χ2v) is 4.00. The van der Waals surface area contributed by atoms with Crippen LogP contribution in [0, 0.1) is 0 Å². The monoisotopic (exact) mass is 150 g/mol. The molecular formula is C7H18OS. The molecule has 0 fully saturated rings. The molecule has 0 saturated heterocycles. The van der Waals surface area contributed by atoms with Gasteiger partial charge in [-0.3, -0.25) is 4.21 Å². The minimum absolute atomic E-state index is 0.338. The molecule has 0 rings (SSSR count). The molecule has 0 saturated carbocycles. The van der Waals surface area contributed by atoms with E-state index in [1.54, 1.807) is 0 Å². The average molecular weight is 150 g/mol. The summed E-state index contributed by atoms with van der Waals surface area (Å²) in [5.41, 5.74) is 0. The Labute approximate surface area is 61.3 Å². The van der Waals surface area contributed by atoms with Gasteiger partial charge in [0.1, 0.15) is 0 Å². The molecule has 0 N–H and O–H groups in total. The van der Waals surface area contributed by atoms with E-state index in [1.807, 2.05) is 34.6 Å². The molecule has 0 aromatic carbocycles. The van der Waals surface area contributed by atoms with Crippen molar-refractivity contribution in [2.45, 2.75) is 39.9 Å². The number of rotatable bonds is 2. The highest BCUT2D eigenvalue weighted by atomic mass is 32.2. The Balaban J connectivity index is 0. The van der Waals surface area contributed by atoms with Gasteiger partial charge in [-0.15, -0.1) is 0 Å². The Bertz CT molecular complexity index is 69.3. The zero-order valence-electron chi connectivity index (χ0n) is 7.10. The maximum atomic E-state index is 10.6. The maximum Gasteiger partial charge on any atom is 0.0291 e. The topological polar surface area (TPSA) is 17.1 Å². The molecule has 0 heterocycles. The summed E-state index contributed by atoms with van der Waals surface area (Å²) >= 11 is 0. The van der Waals surface area contributed by atoms with Gasteiger partial charge in [0.2, 0.25) is 0 Å². The molecule has 9 heavy (non-hydrogen) atoms. The Kier molecular flexibility index (Phi) is 10.8. The summed E-state index contributed by atoms with van der Waals surface area (Å²) < 4.78 is 10.6. The van der Waals surface area contributed by atoms with E-state index in [1.165, 1.54) is 0 Å². The maximum absolute atomic E-state index is 10.6. The van der Waals surface area contributed by atoms with E-state index < -0.39 is 10.8 Å². The van der Waals surface area contributed by atoms with Crippen LogP contribution in [0.25, 0.3) is 0 Å². The van der Waals surface area contributed by atoms with Gasteiger partial charge in [-0.25, -0.2) is 0 Å². The summed E-state index contributed by atoms with van der Waals surface area (Å²) in [6.07, 6.45) is 0. The second kappa shape index (κ2) is 8.15. The molecule has 1 atom stereocenters. The first-order valence-corrected chi connectivity index (χ1v) is 4.93. The molecule has 0 bridgehead atoms. The van der Waals surface area contributed by atoms with Crippen LogP contribution in [0.3, 0.4) is 0 Å². The van der Waals surface area contributed by atoms with E-state index in [2.05, 4.69) is 0 Å². The van der Waals surface area contributed by atoms with Crippen LogP contribution in [0.4, 0.5) is 0 Å². The second-order valence-electron chi connectivity index (χ2n) is 1.72. The lowest BCUT2D eigenvalue weighted by atomic mass is 10.6. The zero-order chi connectivity index (χ0) is 7.86. The average Bonchev–Trinajstić information content (AvgIpc) is 1.91. The third kappa shape index (κ3) is 8.15. The third-order valence-corrected chi connectivity index (χ3v) is 2.43. The normalized spacial score (nSPS) is 12.2. The van der Waals surface area contributed by atoms with Gasteiger partial charge in [-0.1, -0.05) is 34.6 Å². The van der Waals surface area contributed by atoms with Crippen LogP contribution >= 0.6 is 0 Å². The van der Waals surface area contributed by atoms with E-state index in [0.29, 0.717) is 5.25 Å². The van der Waals surface area contributed by atoms with Gasteiger partial charge < -0.3 is 0 Å². The SMILES string of the molecule is CC.CCS(=O)C(C)C. The lowest BCUT2D eigenvalue weighted by Crippen LogP contribution is -2.06. The van der Waals surface area contributed by atoms with Crippen molar-refractivity contribution in [3.8, 4) is 0 Å². The van der Waals surface area contributed by atoms with Crippen molar-refractivity contribution in [3.63, 3.8) is 0 Å². The van der Waals surface area contributed by atoms with Gasteiger partial charge >= 0.3 is 0 Å². The molecule has 0 spiro atoms. The van der Waals surface area contributed by atoms with Gasteiger partial charge in [-0.05, 0) is 0 Å². The predicted octanol–water partition coefficient (Wildman–Crippen LogP) is 2.19. The first-order valence-electron chi connectivity index (χ1n) is 3.55. The highest BCUT2D eigenvalue weighted by Gasteiger charge is 1.98. The molecule has 2 heteroatoms. The van der Waals surface area contributed by atoms with E-state index in [0.717, 1.165) is 5.75 Å². The Hall–Kier alpha value is 0.150. The Morgan fingerprint density at radius 3 is 1.67 bits per heavy atom. The van der Waals surface area contributed by atoms with Crippen LogP contribution in [-0.4, -0.2) is 15.2 Å². The summed E-state index contributed by atoms with van der Waals surface area (Å²) in [6.45, 7) is 9.88. The lowest BCUT2D eigenvalue weighted by Gasteiger charge is -1.98. The summed E-state index contributed by atoms with van der Waals surface area (Å²) in [6, 6.07) is 0. The molecule has 1 unspecified atom stereocenters. The molecule has 1 nitrogen and oxygen atoms in total. The quantitative estimate of drug-likeness (QED) is 0.589. The van der Waals surface area contributed by atoms with Crippen LogP contribution in [-0.2, 0) is 10.8 Å². The smallest absolute Gasteiger partial charge is 0.0291 e. The molecule has 0 amide bonds. The van der Waals surface area contributed by atoms with E-state index >= 15 is 0 Å². The van der Waals surface area contributed by atoms with Gasteiger partial charge in [-0.2, -0.15) is 0 Å². The van der Waals surface area contributed by atoms with Crippen molar-refractivity contribution in [2.75, 3.05) is 5.75 Å². The fourth-order valence-corrected chi connectivity index (χ4v) is 1.00. The molecule has 0 aliphatic heterocycles. The molecule has 0 aromatic heterocycles. The van der Waals surface area contributed by atoms with Crippen molar-refractivity contribution < 1.29 is 4.21 Å². The van der Waals surface area contributed by atoms with Crippen LogP contribution in [0.2, 0.25) is 0 Å². The lowest BCUT2D eigenvalue weighted by molar-refractivity contribution is 0.677. The van der Waals surface area contributed by atoms with Gasteiger partial charge in [0.05, 0.1) is 0 Å². The van der Waals surface area contributed by atoms with Gasteiger partial charge in [0.25, 0.3) is 0 Å². The summed E-state index contributed by atoms with van der Waals surface area (Å²) in [5, 5.41) is 0.338. The van der Waals surface area contributed by atoms with E-state index in [4.69, 9.17) is 0 Å². The third-order valence-electron chi connectivity index (χ3n) is 0.810. The summed E-state index contributed by atoms with van der Waals surface area (Å²) in [5.74, 6) is 0.789. The summed E-state index contributed by atoms with van der Waals surface area (Å²) in [7, 11) is -0.579. The molecule has 0 aromatic rings. The van der Waals surface area contributed by atoms with Crippen LogP contribution < -0.4 is 0 Å². The predicted molar refractivity (Wildman–Crippen MR) is 45.2 cm³/mol. The van der Waals surface area contributed by atoms with E-state index in [-0.39, 0.29) is 0 Å². The van der Waals surface area contributed by atoms with Crippen molar-refractivity contribution in [1.82, 2.24) is 0 Å². The largest absolute Gasteiger partial charge is 0.259 e. The fraction of sp³-hybridized carbons (Fsp3) is 1.00. The molecule has 58 valence electrons. The Morgan fingerprint density at radius 1 is 1.33 bits per heavy atom. The standard InChI is InChI=1S/C5H12OS.C2H6/c1-4-7(6)5(2)3;1-2/h5H,4H2,1-3H3;1-2H3. The highest BCUT2D eigenvalue weighted by Crippen LogP contribution is 1.91. The molecule has 0 radical (unpaired) electrons. The number of hydrogen-bond donors (Lipinski definition) is 0. The van der Waals surface area contributed by atoms with Crippen molar-refractivity contribution >= 4 is 10.8 Å². The molecular weight excluding hydrogens is 132 g/mol.